The quantitative estimate of drug-likeness (QED) is 0.467. The standard InChI is InChI=1S/C6H13NO2.C4H5NO3/c1-4(2)3-5(7)6(8)9;5-2-1(3(2)6)4(7)8/h4-5H,3,7H2,1-2H3,(H,8,9);1-2H,5H2,(H,7,8)/t5-;/m0./s1. The molecule has 0 bridgehead atoms. The van der Waals surface area contributed by atoms with E-state index in [4.69, 9.17) is 21.7 Å². The van der Waals surface area contributed by atoms with Crippen molar-refractivity contribution in [3.63, 3.8) is 0 Å². The zero-order chi connectivity index (χ0) is 13.7. The van der Waals surface area contributed by atoms with Gasteiger partial charge in [0.05, 0.1) is 6.04 Å². The average molecular weight is 246 g/mol. The van der Waals surface area contributed by atoms with Crippen molar-refractivity contribution in [2.45, 2.75) is 32.4 Å². The highest BCUT2D eigenvalue weighted by Gasteiger charge is 2.52. The number of carboxylic acids is 2. The van der Waals surface area contributed by atoms with Crippen LogP contribution in [0.3, 0.4) is 0 Å². The van der Waals surface area contributed by atoms with E-state index in [0.717, 1.165) is 0 Å². The Labute approximate surface area is 98.8 Å². The molecule has 1 aliphatic rings. The van der Waals surface area contributed by atoms with Crippen LogP contribution in [0.15, 0.2) is 0 Å². The molecule has 1 rings (SSSR count). The lowest BCUT2D eigenvalue weighted by molar-refractivity contribution is -0.140. The Hall–Kier alpha value is -1.47. The normalized spacial score (nSPS) is 23.7. The number of nitrogens with two attached hydrogens (primary N) is 2. The van der Waals surface area contributed by atoms with E-state index >= 15 is 0 Å². The van der Waals surface area contributed by atoms with E-state index in [-0.39, 0.29) is 5.78 Å². The minimum Gasteiger partial charge on any atom is -0.481 e. The smallest absolute Gasteiger partial charge is 0.320 e. The first-order chi connectivity index (χ1) is 7.68. The third-order valence-electron chi connectivity index (χ3n) is 2.19. The van der Waals surface area contributed by atoms with E-state index in [1.165, 1.54) is 0 Å². The fourth-order valence-electron chi connectivity index (χ4n) is 1.14. The zero-order valence-electron chi connectivity index (χ0n) is 9.79. The molecule has 1 aliphatic carbocycles. The van der Waals surface area contributed by atoms with Crippen molar-refractivity contribution in [1.82, 2.24) is 0 Å². The first kappa shape index (κ1) is 15.5. The molecule has 0 spiro atoms. The summed E-state index contributed by atoms with van der Waals surface area (Å²) in [6.07, 6.45) is 0.551. The van der Waals surface area contributed by atoms with Crippen LogP contribution in [-0.4, -0.2) is 40.0 Å². The van der Waals surface area contributed by atoms with Crippen molar-refractivity contribution in [3.8, 4) is 0 Å². The minimum absolute atomic E-state index is 0.357. The van der Waals surface area contributed by atoms with E-state index < -0.39 is 29.9 Å². The molecule has 7 heteroatoms. The summed E-state index contributed by atoms with van der Waals surface area (Å²) in [5.74, 6) is -2.94. The Morgan fingerprint density at radius 2 is 1.76 bits per heavy atom. The third kappa shape index (κ3) is 5.41. The Balaban J connectivity index is 0.000000302. The SMILES string of the molecule is CC(C)C[C@H](N)C(=O)O.NC1C(=O)C1C(=O)O. The van der Waals surface area contributed by atoms with Gasteiger partial charge in [-0.05, 0) is 12.3 Å². The number of hydrogen-bond donors (Lipinski definition) is 4. The van der Waals surface area contributed by atoms with Gasteiger partial charge in [0.1, 0.15) is 12.0 Å². The molecule has 0 amide bonds. The molecule has 98 valence electrons. The van der Waals surface area contributed by atoms with Gasteiger partial charge in [-0.2, -0.15) is 0 Å². The highest BCUT2D eigenvalue weighted by atomic mass is 16.4. The van der Waals surface area contributed by atoms with Crippen LogP contribution < -0.4 is 11.5 Å². The number of Topliss-reactive ketones (excluding diaryl/α,β-unsaturated/α-hetero) is 1. The van der Waals surface area contributed by atoms with Crippen molar-refractivity contribution in [2.75, 3.05) is 0 Å². The fourth-order valence-corrected chi connectivity index (χ4v) is 1.14. The van der Waals surface area contributed by atoms with Gasteiger partial charge in [0.25, 0.3) is 0 Å². The summed E-state index contributed by atoms with van der Waals surface area (Å²) in [5, 5.41) is 16.4. The summed E-state index contributed by atoms with van der Waals surface area (Å²) in [6.45, 7) is 3.89. The summed E-state index contributed by atoms with van der Waals surface area (Å²) < 4.78 is 0. The molecule has 1 saturated carbocycles. The van der Waals surface area contributed by atoms with Crippen molar-refractivity contribution >= 4 is 17.7 Å². The summed E-state index contributed by atoms with van der Waals surface area (Å²) in [4.78, 5) is 30.1. The number of hydrogen-bond acceptors (Lipinski definition) is 5. The van der Waals surface area contributed by atoms with Crippen LogP contribution in [0.2, 0.25) is 0 Å². The summed E-state index contributed by atoms with van der Waals surface area (Å²) in [7, 11) is 0. The van der Waals surface area contributed by atoms with Gasteiger partial charge in [0.2, 0.25) is 0 Å². The second kappa shape index (κ2) is 6.31. The molecule has 17 heavy (non-hydrogen) atoms. The maximum Gasteiger partial charge on any atom is 0.320 e. The van der Waals surface area contributed by atoms with Gasteiger partial charge in [0.15, 0.2) is 5.78 Å². The fraction of sp³-hybridized carbons (Fsp3) is 0.700. The van der Waals surface area contributed by atoms with Crippen molar-refractivity contribution in [2.24, 2.45) is 23.3 Å². The second-order valence-electron chi connectivity index (χ2n) is 4.32. The highest BCUT2D eigenvalue weighted by Crippen LogP contribution is 2.21. The Kier molecular flexibility index (Phi) is 5.77. The number of ketones is 1. The van der Waals surface area contributed by atoms with Gasteiger partial charge in [-0.1, -0.05) is 13.8 Å². The monoisotopic (exact) mass is 246 g/mol. The van der Waals surface area contributed by atoms with Gasteiger partial charge in [-0.3, -0.25) is 14.4 Å². The molecular weight excluding hydrogens is 228 g/mol. The molecule has 6 N–H and O–H groups in total. The van der Waals surface area contributed by atoms with E-state index in [0.29, 0.717) is 12.3 Å². The topological polar surface area (TPSA) is 144 Å². The molecule has 3 atom stereocenters. The van der Waals surface area contributed by atoms with Crippen LogP contribution >= 0.6 is 0 Å². The maximum atomic E-state index is 10.2. The largest absolute Gasteiger partial charge is 0.481 e. The van der Waals surface area contributed by atoms with Crippen molar-refractivity contribution in [3.05, 3.63) is 0 Å². The molecule has 0 aromatic heterocycles. The van der Waals surface area contributed by atoms with Crippen molar-refractivity contribution < 1.29 is 24.6 Å². The van der Waals surface area contributed by atoms with Crippen LogP contribution in [0.1, 0.15) is 20.3 Å². The van der Waals surface area contributed by atoms with Gasteiger partial charge in [0, 0.05) is 0 Å². The van der Waals surface area contributed by atoms with Crippen LogP contribution in [0.25, 0.3) is 0 Å². The molecule has 2 unspecified atom stereocenters. The molecule has 0 radical (unpaired) electrons. The van der Waals surface area contributed by atoms with E-state index in [1.54, 1.807) is 0 Å². The minimum atomic E-state index is -1.11. The first-order valence-corrected chi connectivity index (χ1v) is 5.19. The van der Waals surface area contributed by atoms with Crippen LogP contribution in [0.4, 0.5) is 0 Å². The molecule has 7 nitrogen and oxygen atoms in total. The molecule has 0 aromatic carbocycles. The average Bonchev–Trinajstić information content (AvgIpc) is 2.74. The molecule has 0 heterocycles. The van der Waals surface area contributed by atoms with E-state index in [9.17, 15) is 14.4 Å². The Morgan fingerprint density at radius 1 is 1.35 bits per heavy atom. The lowest BCUT2D eigenvalue weighted by Gasteiger charge is -2.07. The predicted octanol–water partition coefficient (Wildman–Crippen LogP) is -0.958. The lowest BCUT2D eigenvalue weighted by atomic mass is 10.1. The maximum absolute atomic E-state index is 10.2. The van der Waals surface area contributed by atoms with Crippen molar-refractivity contribution in [1.29, 1.82) is 0 Å². The lowest BCUT2D eigenvalue weighted by Crippen LogP contribution is -2.31. The number of carbonyl (C=O) groups is 3. The molecule has 1 fully saturated rings. The highest BCUT2D eigenvalue weighted by molar-refractivity contribution is 6.16. The summed E-state index contributed by atoms with van der Waals surface area (Å²) in [6, 6.07) is -1.42. The third-order valence-corrected chi connectivity index (χ3v) is 2.19. The predicted molar refractivity (Wildman–Crippen MR) is 59.2 cm³/mol. The number of rotatable bonds is 4. The summed E-state index contributed by atoms with van der Waals surface area (Å²) >= 11 is 0. The first-order valence-electron chi connectivity index (χ1n) is 5.19. The Bertz CT molecular complexity index is 308. The number of carboxylic acid groups (broad SMARTS) is 2. The summed E-state index contributed by atoms with van der Waals surface area (Å²) in [5.41, 5.74) is 10.2. The van der Waals surface area contributed by atoms with Gasteiger partial charge >= 0.3 is 11.9 Å². The van der Waals surface area contributed by atoms with Gasteiger partial charge < -0.3 is 21.7 Å². The van der Waals surface area contributed by atoms with Gasteiger partial charge in [-0.15, -0.1) is 0 Å². The van der Waals surface area contributed by atoms with Crippen LogP contribution in [0, 0.1) is 11.8 Å². The van der Waals surface area contributed by atoms with Crippen LogP contribution in [-0.2, 0) is 14.4 Å². The molecule has 0 saturated heterocycles. The van der Waals surface area contributed by atoms with E-state index in [2.05, 4.69) is 0 Å². The Morgan fingerprint density at radius 3 is 1.82 bits per heavy atom. The zero-order valence-corrected chi connectivity index (χ0v) is 9.79. The molecule has 0 aliphatic heterocycles. The van der Waals surface area contributed by atoms with Crippen LogP contribution in [0.5, 0.6) is 0 Å². The number of carbonyl (C=O) groups excluding carboxylic acids is 1. The molecular formula is C10H18N2O5. The number of aliphatic carboxylic acids is 2. The van der Waals surface area contributed by atoms with E-state index in [1.807, 2.05) is 13.8 Å². The second-order valence-corrected chi connectivity index (χ2v) is 4.32. The molecule has 0 aromatic rings. The van der Waals surface area contributed by atoms with Gasteiger partial charge in [-0.25, -0.2) is 0 Å².